The third kappa shape index (κ3) is 4.38. The second-order valence-corrected chi connectivity index (χ2v) is 5.91. The van der Waals surface area contributed by atoms with Gasteiger partial charge in [0.15, 0.2) is 5.96 Å². The summed E-state index contributed by atoms with van der Waals surface area (Å²) in [7, 11) is 0. The molecule has 2 unspecified atom stereocenters. The first-order chi connectivity index (χ1) is 11.9. The van der Waals surface area contributed by atoms with Gasteiger partial charge < -0.3 is 19.8 Å². The monoisotopic (exact) mass is 327 g/mol. The van der Waals surface area contributed by atoms with E-state index in [0.29, 0.717) is 12.5 Å². The minimum absolute atomic E-state index is 0.159. The molecular weight excluding hydrogens is 302 g/mol. The van der Waals surface area contributed by atoms with Crippen molar-refractivity contribution in [2.24, 2.45) is 10.9 Å². The highest BCUT2D eigenvalue weighted by molar-refractivity contribution is 5.79. The summed E-state index contributed by atoms with van der Waals surface area (Å²) in [4.78, 5) is 4.57. The quantitative estimate of drug-likeness (QED) is 0.632. The molecule has 1 aromatic carbocycles. The maximum atomic E-state index is 5.95. The van der Waals surface area contributed by atoms with Crippen LogP contribution in [0.3, 0.4) is 0 Å². The van der Waals surface area contributed by atoms with Gasteiger partial charge in [-0.05, 0) is 31.0 Å². The Balaban J connectivity index is 1.58. The molecule has 1 fully saturated rings. The molecule has 2 aromatic rings. The van der Waals surface area contributed by atoms with Crippen LogP contribution in [0.15, 0.2) is 58.1 Å². The maximum Gasteiger partial charge on any atom is 0.191 e. The minimum atomic E-state index is 0.159. The zero-order chi connectivity index (χ0) is 16.6. The Morgan fingerprint density at radius 2 is 2.04 bits per heavy atom. The van der Waals surface area contributed by atoms with Crippen molar-refractivity contribution in [1.82, 2.24) is 10.6 Å². The standard InChI is InChI=1S/C19H25N3O2/c1-2-20-19(22-14-17-9-6-11-23-17)21-13-16-10-12-24-18(16)15-7-4-3-5-8-15/h3-9,11,16,18H,2,10,12-14H2,1H3,(H2,20,21,22). The van der Waals surface area contributed by atoms with Gasteiger partial charge >= 0.3 is 0 Å². The Morgan fingerprint density at radius 3 is 2.79 bits per heavy atom. The summed E-state index contributed by atoms with van der Waals surface area (Å²) in [5.74, 6) is 2.12. The van der Waals surface area contributed by atoms with Crippen molar-refractivity contribution in [2.75, 3.05) is 19.7 Å². The van der Waals surface area contributed by atoms with E-state index in [-0.39, 0.29) is 6.10 Å². The lowest BCUT2D eigenvalue weighted by molar-refractivity contribution is 0.0915. The Morgan fingerprint density at radius 1 is 1.17 bits per heavy atom. The van der Waals surface area contributed by atoms with Crippen LogP contribution >= 0.6 is 0 Å². The number of ether oxygens (including phenoxy) is 1. The average molecular weight is 327 g/mol. The summed E-state index contributed by atoms with van der Waals surface area (Å²) >= 11 is 0. The van der Waals surface area contributed by atoms with Gasteiger partial charge in [-0.2, -0.15) is 0 Å². The molecule has 3 rings (SSSR count). The second kappa shape index (κ2) is 8.55. The summed E-state index contributed by atoms with van der Waals surface area (Å²) in [6.45, 7) is 5.07. The molecule has 1 aliphatic rings. The van der Waals surface area contributed by atoms with E-state index in [1.54, 1.807) is 6.26 Å². The molecule has 0 aliphatic carbocycles. The zero-order valence-electron chi connectivity index (χ0n) is 14.1. The summed E-state index contributed by atoms with van der Waals surface area (Å²) in [5, 5.41) is 6.72. The number of hydrogen-bond donors (Lipinski definition) is 2. The Bertz CT molecular complexity index is 625. The zero-order valence-corrected chi connectivity index (χ0v) is 14.1. The van der Waals surface area contributed by atoms with E-state index in [1.165, 1.54) is 5.56 Å². The lowest BCUT2D eigenvalue weighted by Gasteiger charge is -2.20. The highest BCUT2D eigenvalue weighted by Crippen LogP contribution is 2.33. The first-order valence-corrected chi connectivity index (χ1v) is 8.58. The van der Waals surface area contributed by atoms with E-state index in [2.05, 4.69) is 46.8 Å². The van der Waals surface area contributed by atoms with Gasteiger partial charge in [0, 0.05) is 25.6 Å². The molecule has 2 N–H and O–H groups in total. The molecule has 2 atom stereocenters. The molecule has 1 saturated heterocycles. The van der Waals surface area contributed by atoms with Crippen LogP contribution in [0.5, 0.6) is 0 Å². The number of nitrogens with zero attached hydrogens (tertiary/aromatic N) is 1. The van der Waals surface area contributed by atoms with Crippen LogP contribution < -0.4 is 10.6 Å². The van der Waals surface area contributed by atoms with Crippen molar-refractivity contribution in [3.8, 4) is 0 Å². The van der Waals surface area contributed by atoms with E-state index in [1.807, 2.05) is 18.2 Å². The molecule has 0 radical (unpaired) electrons. The first kappa shape index (κ1) is 16.6. The van der Waals surface area contributed by atoms with Gasteiger partial charge in [-0.15, -0.1) is 0 Å². The van der Waals surface area contributed by atoms with Crippen molar-refractivity contribution in [2.45, 2.75) is 26.0 Å². The summed E-state index contributed by atoms with van der Waals surface area (Å²) < 4.78 is 11.3. The number of nitrogens with one attached hydrogen (secondary N) is 2. The highest BCUT2D eigenvalue weighted by atomic mass is 16.5. The number of guanidine groups is 1. The van der Waals surface area contributed by atoms with Crippen molar-refractivity contribution in [3.05, 3.63) is 60.1 Å². The molecule has 1 aromatic heterocycles. The van der Waals surface area contributed by atoms with Gasteiger partial charge in [0.1, 0.15) is 12.3 Å². The van der Waals surface area contributed by atoms with Crippen molar-refractivity contribution in [3.63, 3.8) is 0 Å². The third-order valence-electron chi connectivity index (χ3n) is 4.19. The SMILES string of the molecule is CCNC(=NCc1ccco1)NCC1CCOC1c1ccccc1. The van der Waals surface area contributed by atoms with Crippen LogP contribution in [0.25, 0.3) is 0 Å². The molecule has 0 amide bonds. The van der Waals surface area contributed by atoms with Crippen LogP contribution in [0, 0.1) is 5.92 Å². The molecule has 5 heteroatoms. The Kier molecular flexibility index (Phi) is 5.90. The molecule has 0 bridgehead atoms. The topological polar surface area (TPSA) is 58.8 Å². The Hall–Kier alpha value is -2.27. The van der Waals surface area contributed by atoms with Crippen molar-refractivity contribution in [1.29, 1.82) is 0 Å². The first-order valence-electron chi connectivity index (χ1n) is 8.58. The van der Waals surface area contributed by atoms with Gasteiger partial charge in [-0.25, -0.2) is 4.99 Å². The fourth-order valence-electron chi connectivity index (χ4n) is 2.98. The Labute approximate surface area is 143 Å². The number of furan rings is 1. The highest BCUT2D eigenvalue weighted by Gasteiger charge is 2.29. The van der Waals surface area contributed by atoms with E-state index >= 15 is 0 Å². The molecule has 128 valence electrons. The summed E-state index contributed by atoms with van der Waals surface area (Å²) in [6.07, 6.45) is 2.89. The largest absolute Gasteiger partial charge is 0.467 e. The number of rotatable bonds is 6. The third-order valence-corrected chi connectivity index (χ3v) is 4.19. The van der Waals surface area contributed by atoms with Crippen LogP contribution in [-0.2, 0) is 11.3 Å². The number of benzene rings is 1. The van der Waals surface area contributed by atoms with Crippen LogP contribution in [0.2, 0.25) is 0 Å². The van der Waals surface area contributed by atoms with Gasteiger partial charge in [-0.1, -0.05) is 30.3 Å². The van der Waals surface area contributed by atoms with E-state index in [4.69, 9.17) is 9.15 Å². The predicted molar refractivity (Wildman–Crippen MR) is 94.8 cm³/mol. The van der Waals surface area contributed by atoms with Crippen LogP contribution in [0.4, 0.5) is 0 Å². The molecule has 1 aliphatic heterocycles. The molecule has 2 heterocycles. The molecule has 0 spiro atoms. The molecule has 5 nitrogen and oxygen atoms in total. The van der Waals surface area contributed by atoms with Gasteiger partial charge in [-0.3, -0.25) is 0 Å². The number of aliphatic imine (C=N–C) groups is 1. The molecular formula is C19H25N3O2. The smallest absolute Gasteiger partial charge is 0.191 e. The lowest BCUT2D eigenvalue weighted by Crippen LogP contribution is -2.40. The fraction of sp³-hybridized carbons (Fsp3) is 0.421. The van der Waals surface area contributed by atoms with Gasteiger partial charge in [0.05, 0.1) is 12.4 Å². The van der Waals surface area contributed by atoms with Gasteiger partial charge in [0.25, 0.3) is 0 Å². The number of hydrogen-bond acceptors (Lipinski definition) is 3. The van der Waals surface area contributed by atoms with E-state index in [0.717, 1.165) is 37.8 Å². The minimum Gasteiger partial charge on any atom is -0.467 e. The molecule has 0 saturated carbocycles. The molecule has 24 heavy (non-hydrogen) atoms. The van der Waals surface area contributed by atoms with Crippen LogP contribution in [-0.4, -0.2) is 25.7 Å². The van der Waals surface area contributed by atoms with Crippen molar-refractivity contribution >= 4 is 5.96 Å². The summed E-state index contributed by atoms with van der Waals surface area (Å²) in [5.41, 5.74) is 1.25. The predicted octanol–water partition coefficient (Wildman–Crippen LogP) is 3.11. The second-order valence-electron chi connectivity index (χ2n) is 5.91. The maximum absolute atomic E-state index is 5.95. The van der Waals surface area contributed by atoms with E-state index < -0.39 is 0 Å². The van der Waals surface area contributed by atoms with Gasteiger partial charge in [0.2, 0.25) is 0 Å². The normalized spacial score (nSPS) is 21.0. The lowest BCUT2D eigenvalue weighted by atomic mass is 9.95. The van der Waals surface area contributed by atoms with Crippen molar-refractivity contribution < 1.29 is 9.15 Å². The fourth-order valence-corrected chi connectivity index (χ4v) is 2.98. The average Bonchev–Trinajstić information content (AvgIpc) is 3.29. The van der Waals surface area contributed by atoms with Crippen LogP contribution in [0.1, 0.15) is 30.8 Å². The van der Waals surface area contributed by atoms with E-state index in [9.17, 15) is 0 Å². The summed E-state index contributed by atoms with van der Waals surface area (Å²) in [6, 6.07) is 14.3.